The van der Waals surface area contributed by atoms with E-state index in [-0.39, 0.29) is 17.5 Å². The van der Waals surface area contributed by atoms with E-state index in [2.05, 4.69) is 30.6 Å². The predicted molar refractivity (Wildman–Crippen MR) is 72.9 cm³/mol. The highest BCUT2D eigenvalue weighted by molar-refractivity contribution is 9.10. The Morgan fingerprint density at radius 2 is 2.05 bits per heavy atom. The van der Waals surface area contributed by atoms with Crippen LogP contribution in [0.5, 0.6) is 0 Å². The van der Waals surface area contributed by atoms with E-state index in [4.69, 9.17) is 5.11 Å². The Morgan fingerprint density at radius 3 is 2.63 bits per heavy atom. The topological polar surface area (TPSA) is 92.2 Å². The highest BCUT2D eigenvalue weighted by Gasteiger charge is 2.17. The Balaban J connectivity index is 2.30. The van der Waals surface area contributed by atoms with Crippen LogP contribution in [0.3, 0.4) is 0 Å². The average Bonchev–Trinajstić information content (AvgIpc) is 2.41. The summed E-state index contributed by atoms with van der Waals surface area (Å²) in [6.45, 7) is -0.188. The minimum atomic E-state index is -3.80. The second-order valence-electron chi connectivity index (χ2n) is 3.60. The Kier molecular flexibility index (Phi) is 4.13. The molecule has 100 valence electrons. The molecular formula is C11H10BrN3O3S. The Labute approximate surface area is 118 Å². The Bertz CT molecular complexity index is 674. The van der Waals surface area contributed by atoms with Crippen molar-refractivity contribution in [1.29, 1.82) is 0 Å². The van der Waals surface area contributed by atoms with Gasteiger partial charge in [-0.05, 0) is 39.7 Å². The van der Waals surface area contributed by atoms with Crippen LogP contribution in [0.15, 0.2) is 46.2 Å². The quantitative estimate of drug-likeness (QED) is 0.878. The van der Waals surface area contributed by atoms with Gasteiger partial charge in [-0.2, -0.15) is 8.42 Å². The summed E-state index contributed by atoms with van der Waals surface area (Å²) in [5.41, 5.74) is 0.540. The molecule has 2 aromatic heterocycles. The average molecular weight is 344 g/mol. The summed E-state index contributed by atoms with van der Waals surface area (Å²) >= 11 is 3.20. The fraction of sp³-hybridized carbons (Fsp3) is 0.0909. The second kappa shape index (κ2) is 5.64. The lowest BCUT2D eigenvalue weighted by atomic mass is 10.3. The van der Waals surface area contributed by atoms with Crippen molar-refractivity contribution >= 4 is 31.8 Å². The van der Waals surface area contributed by atoms with E-state index >= 15 is 0 Å². The van der Waals surface area contributed by atoms with Crippen LogP contribution in [-0.2, 0) is 16.6 Å². The summed E-state index contributed by atoms with van der Waals surface area (Å²) in [5, 5.41) is 8.74. The molecule has 0 amide bonds. The summed E-state index contributed by atoms with van der Waals surface area (Å²) in [6, 6.07) is 6.17. The lowest BCUT2D eigenvalue weighted by Gasteiger charge is -2.08. The molecule has 0 aromatic carbocycles. The van der Waals surface area contributed by atoms with E-state index in [1.54, 1.807) is 12.1 Å². The van der Waals surface area contributed by atoms with Crippen LogP contribution in [0, 0.1) is 0 Å². The predicted octanol–water partition coefficient (Wildman–Crippen LogP) is 1.53. The van der Waals surface area contributed by atoms with E-state index in [0.717, 1.165) is 0 Å². The first-order valence-electron chi connectivity index (χ1n) is 5.22. The molecule has 0 aliphatic carbocycles. The standard InChI is InChI=1S/C11H10BrN3O3S/c12-9-2-1-5-13-11(9)15-19(17,18)10-4-3-8(7-16)6-14-10/h1-6,16H,7H2,(H,13,15). The highest BCUT2D eigenvalue weighted by Crippen LogP contribution is 2.21. The van der Waals surface area contributed by atoms with Gasteiger partial charge in [-0.3, -0.25) is 4.72 Å². The molecule has 2 rings (SSSR count). The number of anilines is 1. The molecule has 2 aromatic rings. The second-order valence-corrected chi connectivity index (χ2v) is 6.09. The summed E-state index contributed by atoms with van der Waals surface area (Å²) in [4.78, 5) is 7.71. The molecule has 0 fully saturated rings. The van der Waals surface area contributed by atoms with E-state index < -0.39 is 10.0 Å². The molecule has 8 heteroatoms. The van der Waals surface area contributed by atoms with Gasteiger partial charge in [0.2, 0.25) is 0 Å². The van der Waals surface area contributed by atoms with Crippen molar-refractivity contribution < 1.29 is 13.5 Å². The van der Waals surface area contributed by atoms with Crippen molar-refractivity contribution in [1.82, 2.24) is 9.97 Å². The molecule has 0 aliphatic rings. The highest BCUT2D eigenvalue weighted by atomic mass is 79.9. The smallest absolute Gasteiger partial charge is 0.280 e. The molecule has 0 unspecified atom stereocenters. The van der Waals surface area contributed by atoms with Gasteiger partial charge in [0.15, 0.2) is 10.8 Å². The van der Waals surface area contributed by atoms with E-state index in [0.29, 0.717) is 10.0 Å². The first kappa shape index (κ1) is 13.9. The summed E-state index contributed by atoms with van der Waals surface area (Å²) in [6.07, 6.45) is 2.78. The van der Waals surface area contributed by atoms with Crippen LogP contribution >= 0.6 is 15.9 Å². The third kappa shape index (κ3) is 3.28. The van der Waals surface area contributed by atoms with Gasteiger partial charge in [-0.15, -0.1) is 0 Å². The number of halogens is 1. The summed E-state index contributed by atoms with van der Waals surface area (Å²) in [5.74, 6) is 0.190. The minimum absolute atomic E-state index is 0.137. The van der Waals surface area contributed by atoms with Crippen LogP contribution in [0.2, 0.25) is 0 Å². The maximum atomic E-state index is 12.1. The van der Waals surface area contributed by atoms with Gasteiger partial charge in [0.25, 0.3) is 10.0 Å². The molecule has 0 atom stereocenters. The molecule has 0 radical (unpaired) electrons. The molecular weight excluding hydrogens is 334 g/mol. The normalized spacial score (nSPS) is 11.3. The van der Waals surface area contributed by atoms with Crippen LogP contribution < -0.4 is 4.72 Å². The maximum Gasteiger partial charge on any atom is 0.280 e. The number of aliphatic hydroxyl groups is 1. The van der Waals surface area contributed by atoms with Crippen LogP contribution in [0.1, 0.15) is 5.56 Å². The number of nitrogens with zero attached hydrogens (tertiary/aromatic N) is 2. The van der Waals surface area contributed by atoms with Gasteiger partial charge in [0.05, 0.1) is 11.1 Å². The molecule has 0 saturated carbocycles. The van der Waals surface area contributed by atoms with Crippen molar-refractivity contribution in [2.24, 2.45) is 0 Å². The van der Waals surface area contributed by atoms with Crippen molar-refractivity contribution in [3.8, 4) is 0 Å². The van der Waals surface area contributed by atoms with Crippen molar-refractivity contribution in [3.63, 3.8) is 0 Å². The number of nitrogens with one attached hydrogen (secondary N) is 1. The molecule has 2 N–H and O–H groups in total. The fourth-order valence-corrected chi connectivity index (χ4v) is 2.75. The van der Waals surface area contributed by atoms with Gasteiger partial charge in [0, 0.05) is 12.4 Å². The van der Waals surface area contributed by atoms with Crippen molar-refractivity contribution in [2.75, 3.05) is 4.72 Å². The van der Waals surface area contributed by atoms with Gasteiger partial charge in [-0.25, -0.2) is 9.97 Å². The van der Waals surface area contributed by atoms with Gasteiger partial charge >= 0.3 is 0 Å². The number of hydrogen-bond donors (Lipinski definition) is 2. The third-order valence-electron chi connectivity index (χ3n) is 2.25. The zero-order valence-electron chi connectivity index (χ0n) is 9.62. The van der Waals surface area contributed by atoms with Crippen LogP contribution in [0.4, 0.5) is 5.82 Å². The first-order valence-corrected chi connectivity index (χ1v) is 7.49. The van der Waals surface area contributed by atoms with E-state index in [1.807, 2.05) is 0 Å². The fourth-order valence-electron chi connectivity index (χ4n) is 1.30. The van der Waals surface area contributed by atoms with Gasteiger partial charge < -0.3 is 5.11 Å². The summed E-state index contributed by atoms with van der Waals surface area (Å²) in [7, 11) is -3.80. The number of hydrogen-bond acceptors (Lipinski definition) is 5. The number of sulfonamides is 1. The Morgan fingerprint density at radius 1 is 1.26 bits per heavy atom. The SMILES string of the molecule is O=S(=O)(Nc1ncccc1Br)c1ccc(CO)cn1. The monoisotopic (exact) mass is 343 g/mol. The number of aromatic nitrogens is 2. The third-order valence-corrected chi connectivity index (χ3v) is 4.14. The molecule has 19 heavy (non-hydrogen) atoms. The number of rotatable bonds is 4. The van der Waals surface area contributed by atoms with E-state index in [1.165, 1.54) is 24.5 Å². The Hall–Kier alpha value is -1.51. The number of aliphatic hydroxyl groups excluding tert-OH is 1. The van der Waals surface area contributed by atoms with E-state index in [9.17, 15) is 8.42 Å². The molecule has 6 nitrogen and oxygen atoms in total. The lowest BCUT2D eigenvalue weighted by Crippen LogP contribution is -2.15. The maximum absolute atomic E-state index is 12.1. The minimum Gasteiger partial charge on any atom is -0.392 e. The van der Waals surface area contributed by atoms with Crippen LogP contribution in [-0.4, -0.2) is 23.5 Å². The zero-order chi connectivity index (χ0) is 13.9. The van der Waals surface area contributed by atoms with Gasteiger partial charge in [0.1, 0.15) is 0 Å². The lowest BCUT2D eigenvalue weighted by molar-refractivity contribution is 0.281. The van der Waals surface area contributed by atoms with Crippen molar-refractivity contribution in [2.45, 2.75) is 11.6 Å². The molecule has 2 heterocycles. The largest absolute Gasteiger partial charge is 0.392 e. The zero-order valence-corrected chi connectivity index (χ0v) is 12.0. The van der Waals surface area contributed by atoms with Gasteiger partial charge in [-0.1, -0.05) is 6.07 Å². The molecule has 0 bridgehead atoms. The van der Waals surface area contributed by atoms with Crippen LogP contribution in [0.25, 0.3) is 0 Å². The van der Waals surface area contributed by atoms with Crippen molar-refractivity contribution in [3.05, 3.63) is 46.7 Å². The summed E-state index contributed by atoms with van der Waals surface area (Å²) < 4.78 is 27.0. The molecule has 0 spiro atoms. The first-order chi connectivity index (χ1) is 9.03. The molecule has 0 saturated heterocycles. The molecule has 0 aliphatic heterocycles. The number of pyridine rings is 2.